The smallest absolute Gasteiger partial charge is 0.397 e. The van der Waals surface area contributed by atoms with Crippen LogP contribution in [0.1, 0.15) is 162 Å². The molecule has 0 saturated carbocycles. The second kappa shape index (κ2) is 32.8. The minimum absolute atomic E-state index is 0.0301. The summed E-state index contributed by atoms with van der Waals surface area (Å²) in [7, 11) is -5.06. The SMILES string of the molecule is CCCCC/C=C\CCCCCCCC(=O)OC(COCCCCCCCC/C=C\CCCCCC)COC1OC(CO)C(O)C(OS(=O)(=O)O)C1O. The zero-order chi connectivity index (χ0) is 39.0. The maximum Gasteiger partial charge on any atom is 0.397 e. The first kappa shape index (κ1) is 49.6. The first-order valence-electron chi connectivity index (χ1n) is 20.6. The quantitative estimate of drug-likeness (QED) is 0.0214. The van der Waals surface area contributed by atoms with Crippen molar-refractivity contribution in [1.82, 2.24) is 0 Å². The molecule has 13 heteroatoms. The zero-order valence-electron chi connectivity index (χ0n) is 32.8. The van der Waals surface area contributed by atoms with Gasteiger partial charge in [0.25, 0.3) is 0 Å². The minimum atomic E-state index is -5.06. The Labute approximate surface area is 321 Å². The van der Waals surface area contributed by atoms with Crippen LogP contribution in [0.2, 0.25) is 0 Å². The van der Waals surface area contributed by atoms with Crippen LogP contribution >= 0.6 is 0 Å². The number of hydrogen-bond donors (Lipinski definition) is 4. The van der Waals surface area contributed by atoms with Crippen molar-refractivity contribution in [3.63, 3.8) is 0 Å². The Kier molecular flexibility index (Phi) is 30.7. The molecule has 12 nitrogen and oxygen atoms in total. The summed E-state index contributed by atoms with van der Waals surface area (Å²) in [5.74, 6) is -0.412. The number of hydrogen-bond acceptors (Lipinski definition) is 11. The van der Waals surface area contributed by atoms with Crippen LogP contribution in [0.4, 0.5) is 0 Å². The predicted molar refractivity (Wildman–Crippen MR) is 207 cm³/mol. The van der Waals surface area contributed by atoms with Crippen molar-refractivity contribution in [1.29, 1.82) is 0 Å². The van der Waals surface area contributed by atoms with E-state index in [0.29, 0.717) is 13.0 Å². The van der Waals surface area contributed by atoms with Crippen molar-refractivity contribution in [3.05, 3.63) is 24.3 Å². The van der Waals surface area contributed by atoms with Crippen LogP contribution in [-0.4, -0.2) is 97.5 Å². The number of aliphatic hydroxyl groups is 3. The number of ether oxygens (including phenoxy) is 4. The van der Waals surface area contributed by atoms with Crippen LogP contribution in [0.25, 0.3) is 0 Å². The highest BCUT2D eigenvalue weighted by Gasteiger charge is 2.48. The van der Waals surface area contributed by atoms with E-state index in [0.717, 1.165) is 64.2 Å². The van der Waals surface area contributed by atoms with Gasteiger partial charge in [-0.2, -0.15) is 8.42 Å². The summed E-state index contributed by atoms with van der Waals surface area (Å²) >= 11 is 0. The molecule has 0 radical (unpaired) electrons. The molecule has 0 spiro atoms. The number of rotatable bonds is 35. The lowest BCUT2D eigenvalue weighted by Gasteiger charge is -2.41. The number of aliphatic hydroxyl groups excluding tert-OH is 3. The predicted octanol–water partition coefficient (Wildman–Crippen LogP) is 7.68. The van der Waals surface area contributed by atoms with Crippen LogP contribution in [0.15, 0.2) is 24.3 Å². The number of carbonyl (C=O) groups is 1. The van der Waals surface area contributed by atoms with Gasteiger partial charge in [0.1, 0.15) is 30.5 Å². The normalized spacial score (nSPS) is 21.5. The highest BCUT2D eigenvalue weighted by molar-refractivity contribution is 7.80. The van der Waals surface area contributed by atoms with Gasteiger partial charge in [0.2, 0.25) is 0 Å². The molecule has 1 aliphatic heterocycles. The third-order valence-electron chi connectivity index (χ3n) is 9.30. The van der Waals surface area contributed by atoms with Gasteiger partial charge in [-0.3, -0.25) is 9.35 Å². The van der Waals surface area contributed by atoms with Crippen molar-refractivity contribution >= 4 is 16.4 Å². The van der Waals surface area contributed by atoms with Crippen molar-refractivity contribution in [2.75, 3.05) is 26.4 Å². The van der Waals surface area contributed by atoms with Gasteiger partial charge in [0.05, 0.1) is 19.8 Å². The summed E-state index contributed by atoms with van der Waals surface area (Å²) in [6.07, 6.45) is 25.0. The van der Waals surface area contributed by atoms with E-state index in [9.17, 15) is 28.5 Å². The molecule has 6 atom stereocenters. The van der Waals surface area contributed by atoms with Gasteiger partial charge in [-0.15, -0.1) is 0 Å². The van der Waals surface area contributed by atoms with E-state index in [2.05, 4.69) is 42.3 Å². The third-order valence-corrected chi connectivity index (χ3v) is 9.76. The Bertz CT molecular complexity index is 1040. The largest absolute Gasteiger partial charge is 0.457 e. The first-order valence-corrected chi connectivity index (χ1v) is 22.0. The van der Waals surface area contributed by atoms with E-state index in [4.69, 9.17) is 23.5 Å². The highest BCUT2D eigenvalue weighted by Crippen LogP contribution is 2.26. The molecule has 1 heterocycles. The van der Waals surface area contributed by atoms with Crippen molar-refractivity contribution in [2.24, 2.45) is 0 Å². The van der Waals surface area contributed by atoms with Gasteiger partial charge >= 0.3 is 16.4 Å². The van der Waals surface area contributed by atoms with Gasteiger partial charge in [-0.25, -0.2) is 4.18 Å². The van der Waals surface area contributed by atoms with Crippen molar-refractivity contribution < 1.29 is 56.2 Å². The monoisotopic (exact) mass is 778 g/mol. The lowest BCUT2D eigenvalue weighted by Crippen LogP contribution is -2.60. The summed E-state index contributed by atoms with van der Waals surface area (Å²) < 4.78 is 58.8. The Morgan fingerprint density at radius 1 is 0.698 bits per heavy atom. The Hall–Kier alpha value is -1.42. The van der Waals surface area contributed by atoms with Crippen LogP contribution in [-0.2, 0) is 38.3 Å². The molecule has 0 aromatic rings. The molecular formula is C40H74O12S. The number of esters is 1. The van der Waals surface area contributed by atoms with Gasteiger partial charge in [-0.05, 0) is 64.2 Å². The Morgan fingerprint density at radius 2 is 1.19 bits per heavy atom. The van der Waals surface area contributed by atoms with Crippen LogP contribution in [0.5, 0.6) is 0 Å². The fourth-order valence-electron chi connectivity index (χ4n) is 6.13. The Balaban J connectivity index is 2.49. The maximum absolute atomic E-state index is 12.8. The molecule has 6 unspecified atom stereocenters. The lowest BCUT2D eigenvalue weighted by molar-refractivity contribution is -0.301. The standard InChI is InChI=1S/C40H74O12S/c1-3-5-7-9-11-13-15-17-18-20-22-24-26-28-30-48-32-34(50-36(42)29-27-25-23-21-19-16-14-12-10-8-6-4-2)33-49-40-38(44)39(52-53(45,46)47)37(43)35(31-41)51-40/h12-15,34-35,37-41,43-44H,3-11,16-33H2,1-2H3,(H,45,46,47)/b14-12-,15-13-. The second-order valence-electron chi connectivity index (χ2n) is 14.2. The number of carbonyl (C=O) groups excluding carboxylic acids is 1. The van der Waals surface area contributed by atoms with E-state index in [1.165, 1.54) is 70.6 Å². The lowest BCUT2D eigenvalue weighted by atomic mass is 9.99. The summed E-state index contributed by atoms with van der Waals surface area (Å²) in [5, 5.41) is 30.5. The summed E-state index contributed by atoms with van der Waals surface area (Å²) in [4.78, 5) is 12.8. The summed E-state index contributed by atoms with van der Waals surface area (Å²) in [5.41, 5.74) is 0. The average molecular weight is 779 g/mol. The topological polar surface area (TPSA) is 178 Å². The van der Waals surface area contributed by atoms with Gasteiger partial charge in [0.15, 0.2) is 6.29 Å². The molecule has 312 valence electrons. The fourth-order valence-corrected chi connectivity index (χ4v) is 6.64. The van der Waals surface area contributed by atoms with Crippen molar-refractivity contribution in [2.45, 2.75) is 198 Å². The minimum Gasteiger partial charge on any atom is -0.457 e. The van der Waals surface area contributed by atoms with E-state index in [1.54, 1.807) is 0 Å². The maximum atomic E-state index is 12.8. The molecule has 0 aromatic carbocycles. The van der Waals surface area contributed by atoms with Crippen LogP contribution < -0.4 is 0 Å². The summed E-state index contributed by atoms with van der Waals surface area (Å²) in [6, 6.07) is 0. The number of allylic oxidation sites excluding steroid dienone is 4. The van der Waals surface area contributed by atoms with E-state index in [1.807, 2.05) is 0 Å². The molecule has 0 aromatic heterocycles. The molecule has 1 saturated heterocycles. The molecule has 1 aliphatic rings. The molecule has 1 fully saturated rings. The molecule has 0 bridgehead atoms. The fraction of sp³-hybridized carbons (Fsp3) is 0.875. The Morgan fingerprint density at radius 3 is 1.74 bits per heavy atom. The molecule has 4 N–H and O–H groups in total. The average Bonchev–Trinajstić information content (AvgIpc) is 3.12. The second-order valence-corrected chi connectivity index (χ2v) is 15.3. The molecular weight excluding hydrogens is 704 g/mol. The van der Waals surface area contributed by atoms with Crippen molar-refractivity contribution in [3.8, 4) is 0 Å². The zero-order valence-corrected chi connectivity index (χ0v) is 33.6. The van der Waals surface area contributed by atoms with Gasteiger partial charge in [-0.1, -0.05) is 115 Å². The van der Waals surface area contributed by atoms with Crippen LogP contribution in [0.3, 0.4) is 0 Å². The molecule has 0 aliphatic carbocycles. The van der Waals surface area contributed by atoms with E-state index >= 15 is 0 Å². The highest BCUT2D eigenvalue weighted by atomic mass is 32.3. The third kappa shape index (κ3) is 26.9. The van der Waals surface area contributed by atoms with E-state index in [-0.39, 0.29) is 19.6 Å². The van der Waals surface area contributed by atoms with Gasteiger partial charge in [0, 0.05) is 13.0 Å². The van der Waals surface area contributed by atoms with E-state index < -0.39 is 59.8 Å². The number of unbranched alkanes of at least 4 members (excludes halogenated alkanes) is 18. The molecule has 0 amide bonds. The molecule has 1 rings (SSSR count). The van der Waals surface area contributed by atoms with Gasteiger partial charge < -0.3 is 34.3 Å². The summed E-state index contributed by atoms with van der Waals surface area (Å²) in [6.45, 7) is 3.91. The first-order chi connectivity index (χ1) is 25.6. The van der Waals surface area contributed by atoms with Crippen LogP contribution in [0, 0.1) is 0 Å². The molecule has 53 heavy (non-hydrogen) atoms.